The molecule has 35 heavy (non-hydrogen) atoms. The van der Waals surface area contributed by atoms with Gasteiger partial charge < -0.3 is 20.5 Å². The Balaban J connectivity index is 1.35. The van der Waals surface area contributed by atoms with E-state index in [1.807, 2.05) is 48.5 Å². The molecular formula is C26H28F2N2O5. The summed E-state index contributed by atoms with van der Waals surface area (Å²) in [5, 5.41) is 13.6. The summed E-state index contributed by atoms with van der Waals surface area (Å²) < 4.78 is 31.9. The first kappa shape index (κ1) is 24.6. The van der Waals surface area contributed by atoms with Gasteiger partial charge in [0.1, 0.15) is 12.6 Å². The van der Waals surface area contributed by atoms with Crippen LogP contribution in [0.2, 0.25) is 0 Å². The third kappa shape index (κ3) is 5.61. The van der Waals surface area contributed by atoms with E-state index in [4.69, 9.17) is 9.84 Å². The monoisotopic (exact) mass is 486 g/mol. The van der Waals surface area contributed by atoms with Gasteiger partial charge in [0, 0.05) is 12.5 Å². The van der Waals surface area contributed by atoms with Crippen LogP contribution >= 0.6 is 0 Å². The number of carbonyl (C=O) groups is 3. The Morgan fingerprint density at radius 1 is 1.00 bits per heavy atom. The molecule has 9 heteroatoms. The van der Waals surface area contributed by atoms with Crippen LogP contribution in [0.3, 0.4) is 0 Å². The molecule has 2 aromatic rings. The molecule has 0 radical (unpaired) electrons. The lowest BCUT2D eigenvalue weighted by Crippen LogP contribution is -2.49. The van der Waals surface area contributed by atoms with Gasteiger partial charge in [0.25, 0.3) is 6.43 Å². The first-order chi connectivity index (χ1) is 16.8. The average molecular weight is 487 g/mol. The summed E-state index contributed by atoms with van der Waals surface area (Å²) >= 11 is 0. The summed E-state index contributed by atoms with van der Waals surface area (Å²) in [6, 6.07) is 14.1. The van der Waals surface area contributed by atoms with Crippen LogP contribution in [0.5, 0.6) is 0 Å². The van der Waals surface area contributed by atoms with Crippen molar-refractivity contribution in [3.63, 3.8) is 0 Å². The summed E-state index contributed by atoms with van der Waals surface area (Å²) in [5.41, 5.74) is 4.36. The highest BCUT2D eigenvalue weighted by Crippen LogP contribution is 2.44. The first-order valence-corrected chi connectivity index (χ1v) is 11.7. The third-order valence-corrected chi connectivity index (χ3v) is 6.89. The van der Waals surface area contributed by atoms with Crippen molar-refractivity contribution in [1.82, 2.24) is 10.6 Å². The number of rotatable bonds is 10. The van der Waals surface area contributed by atoms with Crippen molar-refractivity contribution in [2.45, 2.75) is 44.1 Å². The lowest BCUT2D eigenvalue weighted by atomic mass is 9.75. The quantitative estimate of drug-likeness (QED) is 0.468. The number of aliphatic carboxylic acids is 1. The summed E-state index contributed by atoms with van der Waals surface area (Å²) in [4.78, 5) is 36.0. The molecule has 2 aliphatic rings. The molecule has 186 valence electrons. The average Bonchev–Trinajstić information content (AvgIpc) is 3.12. The second-order valence-electron chi connectivity index (χ2n) is 9.05. The molecule has 0 aromatic heterocycles. The van der Waals surface area contributed by atoms with Crippen LogP contribution in [0.25, 0.3) is 11.1 Å². The molecule has 0 heterocycles. The number of nitrogens with one attached hydrogen (secondary N) is 2. The van der Waals surface area contributed by atoms with Gasteiger partial charge in [0.05, 0.1) is 12.3 Å². The van der Waals surface area contributed by atoms with Crippen LogP contribution in [-0.2, 0) is 14.3 Å². The van der Waals surface area contributed by atoms with Gasteiger partial charge in [-0.15, -0.1) is 0 Å². The van der Waals surface area contributed by atoms with Crippen LogP contribution in [0, 0.1) is 11.8 Å². The van der Waals surface area contributed by atoms with Crippen LogP contribution < -0.4 is 10.6 Å². The van der Waals surface area contributed by atoms with Gasteiger partial charge in [0.2, 0.25) is 5.91 Å². The first-order valence-electron chi connectivity index (χ1n) is 11.7. The highest BCUT2D eigenvalue weighted by atomic mass is 19.3. The van der Waals surface area contributed by atoms with Crippen molar-refractivity contribution in [3.05, 3.63) is 59.7 Å². The van der Waals surface area contributed by atoms with E-state index in [0.29, 0.717) is 0 Å². The molecule has 0 saturated heterocycles. The molecule has 0 aliphatic heterocycles. The molecule has 3 N–H and O–H groups in total. The van der Waals surface area contributed by atoms with E-state index >= 15 is 0 Å². The third-order valence-electron chi connectivity index (χ3n) is 6.89. The smallest absolute Gasteiger partial charge is 0.407 e. The van der Waals surface area contributed by atoms with Crippen LogP contribution in [0.4, 0.5) is 13.6 Å². The maximum absolute atomic E-state index is 13.2. The number of ether oxygens (including phenoxy) is 1. The van der Waals surface area contributed by atoms with Gasteiger partial charge in [-0.1, -0.05) is 55.0 Å². The number of carbonyl (C=O) groups excluding carboxylic acids is 2. The number of benzene rings is 2. The zero-order valence-electron chi connectivity index (χ0n) is 19.1. The van der Waals surface area contributed by atoms with Gasteiger partial charge in [-0.3, -0.25) is 9.59 Å². The van der Waals surface area contributed by atoms with E-state index in [0.717, 1.165) is 41.5 Å². The molecule has 4 rings (SSSR count). The predicted molar refractivity (Wildman–Crippen MR) is 124 cm³/mol. The predicted octanol–water partition coefficient (Wildman–Crippen LogP) is 4.17. The second kappa shape index (κ2) is 10.8. The minimum Gasteiger partial charge on any atom is -0.481 e. The summed E-state index contributed by atoms with van der Waals surface area (Å²) in [6.45, 7) is 0.0441. The van der Waals surface area contributed by atoms with E-state index in [1.54, 1.807) is 0 Å². The standard InChI is InChI=1S/C26H28F2N2O5/c27-24(28)22(12-23(31)32)30-25(33)20(15-6-5-7-15)13-29-26(34)35-14-21-18-10-3-1-8-16(18)17-9-2-4-11-19(17)21/h1-4,8-11,15,20-22,24H,5-7,12-14H2,(H,29,34)(H,30,33)(H,31,32). The number of hydrogen-bond donors (Lipinski definition) is 3. The van der Waals surface area contributed by atoms with Gasteiger partial charge >= 0.3 is 12.1 Å². The Labute approximate surface area is 201 Å². The van der Waals surface area contributed by atoms with Gasteiger partial charge in [0.15, 0.2) is 0 Å². The van der Waals surface area contributed by atoms with Crippen molar-refractivity contribution >= 4 is 18.0 Å². The number of carboxylic acid groups (broad SMARTS) is 1. The summed E-state index contributed by atoms with van der Waals surface area (Å²) in [5.74, 6) is -3.01. The van der Waals surface area contributed by atoms with Crippen molar-refractivity contribution in [3.8, 4) is 11.1 Å². The zero-order chi connectivity index (χ0) is 24.9. The molecular weight excluding hydrogens is 458 g/mol. The molecule has 1 saturated carbocycles. The minimum atomic E-state index is -3.01. The molecule has 0 bridgehead atoms. The molecule has 2 aliphatic carbocycles. The fourth-order valence-corrected chi connectivity index (χ4v) is 4.84. The molecule has 2 aromatic carbocycles. The topological polar surface area (TPSA) is 105 Å². The number of hydrogen-bond acceptors (Lipinski definition) is 4. The van der Waals surface area contributed by atoms with E-state index in [-0.39, 0.29) is 25.0 Å². The fraction of sp³-hybridized carbons (Fsp3) is 0.423. The van der Waals surface area contributed by atoms with Crippen LogP contribution in [-0.4, -0.2) is 48.7 Å². The Kier molecular flexibility index (Phi) is 7.63. The fourth-order valence-electron chi connectivity index (χ4n) is 4.84. The summed E-state index contributed by atoms with van der Waals surface area (Å²) in [7, 11) is 0. The van der Waals surface area contributed by atoms with Crippen molar-refractivity contribution in [2.75, 3.05) is 13.2 Å². The lowest BCUT2D eigenvalue weighted by molar-refractivity contribution is -0.139. The largest absolute Gasteiger partial charge is 0.481 e. The maximum Gasteiger partial charge on any atom is 0.407 e. The number of halogens is 2. The Bertz CT molecular complexity index is 1040. The number of amides is 2. The summed E-state index contributed by atoms with van der Waals surface area (Å²) in [6.07, 6.45) is -2.19. The highest BCUT2D eigenvalue weighted by molar-refractivity contribution is 5.81. The van der Waals surface area contributed by atoms with Crippen LogP contribution in [0.1, 0.15) is 42.7 Å². The van der Waals surface area contributed by atoms with Gasteiger partial charge in [-0.25, -0.2) is 13.6 Å². The molecule has 2 unspecified atom stereocenters. The van der Waals surface area contributed by atoms with E-state index in [1.165, 1.54) is 0 Å². The Morgan fingerprint density at radius 2 is 1.60 bits per heavy atom. The second-order valence-corrected chi connectivity index (χ2v) is 9.05. The number of alkyl carbamates (subject to hydrolysis) is 1. The highest BCUT2D eigenvalue weighted by Gasteiger charge is 2.36. The van der Waals surface area contributed by atoms with E-state index < -0.39 is 42.8 Å². The maximum atomic E-state index is 13.2. The number of alkyl halides is 2. The number of carboxylic acids is 1. The van der Waals surface area contributed by atoms with Gasteiger partial charge in [-0.2, -0.15) is 0 Å². The minimum absolute atomic E-state index is 0.0629. The van der Waals surface area contributed by atoms with Crippen molar-refractivity contribution < 1.29 is 33.0 Å². The molecule has 2 amide bonds. The van der Waals surface area contributed by atoms with E-state index in [2.05, 4.69) is 10.6 Å². The van der Waals surface area contributed by atoms with Crippen molar-refractivity contribution in [1.29, 1.82) is 0 Å². The Hall–Kier alpha value is -3.49. The molecule has 7 nitrogen and oxygen atoms in total. The van der Waals surface area contributed by atoms with Crippen LogP contribution in [0.15, 0.2) is 48.5 Å². The number of fused-ring (bicyclic) bond motifs is 3. The zero-order valence-corrected chi connectivity index (χ0v) is 19.1. The molecule has 1 fully saturated rings. The van der Waals surface area contributed by atoms with Crippen molar-refractivity contribution in [2.24, 2.45) is 11.8 Å². The van der Waals surface area contributed by atoms with E-state index in [9.17, 15) is 23.2 Å². The lowest BCUT2D eigenvalue weighted by Gasteiger charge is -2.33. The normalized spacial score (nSPS) is 16.5. The molecule has 0 spiro atoms. The SMILES string of the molecule is O=C(O)CC(NC(=O)C(CNC(=O)OCC1c2ccccc2-c2ccccc21)C1CCC1)C(F)F. The Morgan fingerprint density at radius 3 is 2.11 bits per heavy atom. The van der Waals surface area contributed by atoms with Gasteiger partial charge in [-0.05, 0) is 41.0 Å². The molecule has 2 atom stereocenters.